The molecule has 18 heavy (non-hydrogen) atoms. The molecule has 1 N–H and O–H groups in total. The van der Waals surface area contributed by atoms with Crippen molar-refractivity contribution in [1.29, 1.82) is 0 Å². The number of rotatable bonds is 2. The van der Waals surface area contributed by atoms with E-state index in [1.807, 2.05) is 19.1 Å². The number of hydrogen-bond acceptors (Lipinski definition) is 4. The Kier molecular flexibility index (Phi) is 3.92. The maximum atomic E-state index is 11.5. The molecule has 1 aromatic rings. The van der Waals surface area contributed by atoms with E-state index in [0.717, 1.165) is 17.7 Å². The summed E-state index contributed by atoms with van der Waals surface area (Å²) in [7, 11) is -2.87. The van der Waals surface area contributed by atoms with Crippen LogP contribution < -0.4 is 0 Å². The highest BCUT2D eigenvalue weighted by molar-refractivity contribution is 7.91. The Morgan fingerprint density at radius 2 is 2.06 bits per heavy atom. The van der Waals surface area contributed by atoms with E-state index in [4.69, 9.17) is 0 Å². The lowest BCUT2D eigenvalue weighted by atomic mass is 10.1. The van der Waals surface area contributed by atoms with Crippen LogP contribution in [-0.2, 0) is 16.4 Å². The van der Waals surface area contributed by atoms with Gasteiger partial charge in [0.05, 0.1) is 11.5 Å². The van der Waals surface area contributed by atoms with Crippen LogP contribution in [0.25, 0.3) is 0 Å². The monoisotopic (exact) mass is 269 g/mol. The maximum Gasteiger partial charge on any atom is 0.151 e. The largest absolute Gasteiger partial charge is 0.508 e. The van der Waals surface area contributed by atoms with Gasteiger partial charge in [-0.15, -0.1) is 0 Å². The van der Waals surface area contributed by atoms with Gasteiger partial charge in [0.15, 0.2) is 9.84 Å². The first kappa shape index (κ1) is 13.4. The minimum atomic E-state index is -2.87. The van der Waals surface area contributed by atoms with Crippen molar-refractivity contribution < 1.29 is 13.5 Å². The standard InChI is InChI=1S/C13H19NO3S/c1-11-3-4-13(15)12(9-11)10-14-5-2-7-18(16,17)8-6-14/h3-4,9,15H,2,5-8,10H2,1H3. The van der Waals surface area contributed by atoms with Crippen LogP contribution in [0.2, 0.25) is 0 Å². The number of phenols is 1. The van der Waals surface area contributed by atoms with Crippen LogP contribution in [0, 0.1) is 6.92 Å². The van der Waals surface area contributed by atoms with Crippen molar-refractivity contribution in [2.24, 2.45) is 0 Å². The minimum absolute atomic E-state index is 0.222. The first-order chi connectivity index (χ1) is 8.46. The van der Waals surface area contributed by atoms with Crippen LogP contribution >= 0.6 is 0 Å². The molecule has 100 valence electrons. The third-order valence-electron chi connectivity index (χ3n) is 3.28. The molecule has 1 aromatic carbocycles. The van der Waals surface area contributed by atoms with E-state index in [9.17, 15) is 13.5 Å². The lowest BCUT2D eigenvalue weighted by Crippen LogP contribution is -2.26. The highest BCUT2D eigenvalue weighted by Crippen LogP contribution is 2.20. The van der Waals surface area contributed by atoms with Gasteiger partial charge in [0.1, 0.15) is 5.75 Å². The predicted octanol–water partition coefficient (Wildman–Crippen LogP) is 1.32. The van der Waals surface area contributed by atoms with E-state index in [0.29, 0.717) is 19.5 Å². The quantitative estimate of drug-likeness (QED) is 0.880. The third kappa shape index (κ3) is 3.46. The first-order valence-electron chi connectivity index (χ1n) is 6.17. The van der Waals surface area contributed by atoms with Gasteiger partial charge in [0.2, 0.25) is 0 Å². The lowest BCUT2D eigenvalue weighted by Gasteiger charge is -2.20. The first-order valence-corrected chi connectivity index (χ1v) is 8.00. The third-order valence-corrected chi connectivity index (χ3v) is 4.99. The van der Waals surface area contributed by atoms with E-state index in [-0.39, 0.29) is 17.3 Å². The molecular formula is C13H19NO3S. The molecule has 4 nitrogen and oxygen atoms in total. The molecule has 1 aliphatic heterocycles. The number of aromatic hydroxyl groups is 1. The van der Waals surface area contributed by atoms with Crippen LogP contribution in [0.4, 0.5) is 0 Å². The van der Waals surface area contributed by atoms with Gasteiger partial charge in [-0.05, 0) is 26.0 Å². The molecule has 0 saturated carbocycles. The Hall–Kier alpha value is -1.07. The van der Waals surface area contributed by atoms with Crippen molar-refractivity contribution in [2.75, 3.05) is 24.6 Å². The molecule has 0 amide bonds. The molecule has 2 rings (SSSR count). The minimum Gasteiger partial charge on any atom is -0.508 e. The van der Waals surface area contributed by atoms with Crippen molar-refractivity contribution in [3.8, 4) is 5.75 Å². The second-order valence-corrected chi connectivity index (χ2v) is 7.22. The van der Waals surface area contributed by atoms with Gasteiger partial charge in [0, 0.05) is 18.7 Å². The Labute approximate surface area is 108 Å². The van der Waals surface area contributed by atoms with Crippen molar-refractivity contribution in [3.63, 3.8) is 0 Å². The Balaban J connectivity index is 2.07. The van der Waals surface area contributed by atoms with E-state index >= 15 is 0 Å². The fraction of sp³-hybridized carbons (Fsp3) is 0.538. The SMILES string of the molecule is Cc1ccc(O)c(CN2CCCS(=O)(=O)CC2)c1. The number of nitrogens with zero attached hydrogens (tertiary/aromatic N) is 1. The van der Waals surface area contributed by atoms with Gasteiger partial charge in [-0.25, -0.2) is 8.42 Å². The fourth-order valence-corrected chi connectivity index (χ4v) is 3.54. The summed E-state index contributed by atoms with van der Waals surface area (Å²) < 4.78 is 23.0. The number of phenolic OH excluding ortho intramolecular Hbond substituents is 1. The smallest absolute Gasteiger partial charge is 0.151 e. The molecular weight excluding hydrogens is 250 g/mol. The molecule has 1 saturated heterocycles. The van der Waals surface area contributed by atoms with Crippen LogP contribution in [-0.4, -0.2) is 43.0 Å². The Morgan fingerprint density at radius 1 is 1.28 bits per heavy atom. The summed E-state index contributed by atoms with van der Waals surface area (Å²) >= 11 is 0. The van der Waals surface area contributed by atoms with E-state index in [1.165, 1.54) is 0 Å². The summed E-state index contributed by atoms with van der Waals surface area (Å²) in [6, 6.07) is 5.51. The number of sulfone groups is 1. The molecule has 1 fully saturated rings. The summed E-state index contributed by atoms with van der Waals surface area (Å²) in [6.45, 7) is 3.92. The zero-order valence-corrected chi connectivity index (χ0v) is 11.4. The van der Waals surface area contributed by atoms with Gasteiger partial charge in [-0.1, -0.05) is 17.7 Å². The lowest BCUT2D eigenvalue weighted by molar-refractivity contribution is 0.282. The highest BCUT2D eigenvalue weighted by atomic mass is 32.2. The zero-order chi connectivity index (χ0) is 13.2. The molecule has 0 unspecified atom stereocenters. The molecule has 1 heterocycles. The Bertz CT molecular complexity index is 525. The molecule has 0 radical (unpaired) electrons. The number of hydrogen-bond donors (Lipinski definition) is 1. The molecule has 0 aliphatic carbocycles. The molecule has 1 aliphatic rings. The summed E-state index contributed by atoms with van der Waals surface area (Å²) in [5.41, 5.74) is 1.97. The van der Waals surface area contributed by atoms with Crippen LogP contribution in [0.3, 0.4) is 0 Å². The molecule has 5 heteroatoms. The second kappa shape index (κ2) is 5.28. The Morgan fingerprint density at radius 3 is 2.83 bits per heavy atom. The van der Waals surface area contributed by atoms with Crippen molar-refractivity contribution in [3.05, 3.63) is 29.3 Å². The van der Waals surface area contributed by atoms with Gasteiger partial charge < -0.3 is 5.11 Å². The average Bonchev–Trinajstić information content (AvgIpc) is 2.46. The van der Waals surface area contributed by atoms with Gasteiger partial charge in [-0.2, -0.15) is 0 Å². The van der Waals surface area contributed by atoms with Crippen LogP contribution in [0.1, 0.15) is 17.5 Å². The van der Waals surface area contributed by atoms with Crippen molar-refractivity contribution >= 4 is 9.84 Å². The number of benzene rings is 1. The topological polar surface area (TPSA) is 57.6 Å². The molecule has 0 aromatic heterocycles. The predicted molar refractivity (Wildman–Crippen MR) is 71.4 cm³/mol. The zero-order valence-electron chi connectivity index (χ0n) is 10.6. The normalized spacial score (nSPS) is 20.5. The van der Waals surface area contributed by atoms with Crippen LogP contribution in [0.15, 0.2) is 18.2 Å². The average molecular weight is 269 g/mol. The maximum absolute atomic E-state index is 11.5. The van der Waals surface area contributed by atoms with E-state index in [2.05, 4.69) is 4.90 Å². The van der Waals surface area contributed by atoms with E-state index < -0.39 is 9.84 Å². The highest BCUT2D eigenvalue weighted by Gasteiger charge is 2.19. The molecule has 0 bridgehead atoms. The number of aryl methyl sites for hydroxylation is 1. The second-order valence-electron chi connectivity index (χ2n) is 4.91. The fourth-order valence-electron chi connectivity index (χ4n) is 2.23. The van der Waals surface area contributed by atoms with Gasteiger partial charge in [-0.3, -0.25) is 4.90 Å². The molecule has 0 spiro atoms. The van der Waals surface area contributed by atoms with E-state index in [1.54, 1.807) is 6.07 Å². The summed E-state index contributed by atoms with van der Waals surface area (Å²) in [5, 5.41) is 9.79. The van der Waals surface area contributed by atoms with Crippen molar-refractivity contribution in [1.82, 2.24) is 4.90 Å². The van der Waals surface area contributed by atoms with Crippen molar-refractivity contribution in [2.45, 2.75) is 19.9 Å². The van der Waals surface area contributed by atoms with Gasteiger partial charge in [0.25, 0.3) is 0 Å². The molecule has 0 atom stereocenters. The van der Waals surface area contributed by atoms with Crippen LogP contribution in [0.5, 0.6) is 5.75 Å². The summed E-state index contributed by atoms with van der Waals surface area (Å²) in [4.78, 5) is 2.10. The summed E-state index contributed by atoms with van der Waals surface area (Å²) in [6.07, 6.45) is 0.676. The van der Waals surface area contributed by atoms with Gasteiger partial charge >= 0.3 is 0 Å². The summed E-state index contributed by atoms with van der Waals surface area (Å²) in [5.74, 6) is 0.788.